The molecule has 0 aliphatic carbocycles. The Hall–Kier alpha value is -2.04. The van der Waals surface area contributed by atoms with Crippen LogP contribution in [0, 0.1) is 0 Å². The molecule has 22 heavy (non-hydrogen) atoms. The summed E-state index contributed by atoms with van der Waals surface area (Å²) in [4.78, 5) is 12.8. The molecule has 0 fully saturated rings. The normalized spacial score (nSPS) is 12.7. The van der Waals surface area contributed by atoms with Gasteiger partial charge >= 0.3 is 5.97 Å². The molecule has 0 spiro atoms. The lowest BCUT2D eigenvalue weighted by Crippen LogP contribution is -2.11. The van der Waals surface area contributed by atoms with Gasteiger partial charge in [-0.3, -0.25) is 0 Å². The smallest absolute Gasteiger partial charge is 0.330 e. The Kier molecular flexibility index (Phi) is 6.25. The van der Waals surface area contributed by atoms with Gasteiger partial charge in [0.25, 0.3) is 0 Å². The summed E-state index contributed by atoms with van der Waals surface area (Å²) < 4.78 is 10.4. The van der Waals surface area contributed by atoms with Gasteiger partial charge < -0.3 is 9.47 Å². The maximum absolute atomic E-state index is 11.7. The molecule has 0 radical (unpaired) electrons. The fourth-order valence-electron chi connectivity index (χ4n) is 1.97. The molecule has 114 valence electrons. The Labute approximate surface area is 135 Å². The zero-order valence-corrected chi connectivity index (χ0v) is 13.4. The highest BCUT2D eigenvalue weighted by Gasteiger charge is 2.18. The van der Waals surface area contributed by atoms with Gasteiger partial charge in [0.2, 0.25) is 0 Å². The van der Waals surface area contributed by atoms with Crippen molar-refractivity contribution in [3.05, 3.63) is 72.3 Å². The third kappa shape index (κ3) is 4.48. The Bertz CT molecular complexity index is 623. The van der Waals surface area contributed by atoms with E-state index in [0.29, 0.717) is 0 Å². The molecule has 3 nitrogen and oxygen atoms in total. The van der Waals surface area contributed by atoms with Gasteiger partial charge in [-0.05, 0) is 17.7 Å². The van der Waals surface area contributed by atoms with Gasteiger partial charge in [-0.1, -0.05) is 60.3 Å². The van der Waals surface area contributed by atoms with Gasteiger partial charge in [0.05, 0.1) is 7.11 Å². The van der Waals surface area contributed by atoms with Crippen molar-refractivity contribution in [1.29, 1.82) is 0 Å². The van der Waals surface area contributed by atoms with Gasteiger partial charge in [0.1, 0.15) is 5.44 Å². The summed E-state index contributed by atoms with van der Waals surface area (Å²) in [6, 6.07) is 19.6. The van der Waals surface area contributed by atoms with Crippen LogP contribution in [0.1, 0.15) is 5.56 Å². The lowest BCUT2D eigenvalue weighted by molar-refractivity contribution is -0.134. The first-order chi connectivity index (χ1) is 10.7. The molecule has 1 atom stereocenters. The lowest BCUT2D eigenvalue weighted by atomic mass is 10.1. The average molecular weight is 314 g/mol. The molecule has 0 saturated carbocycles. The van der Waals surface area contributed by atoms with Gasteiger partial charge in [-0.15, -0.1) is 0 Å². The zero-order chi connectivity index (χ0) is 15.8. The first kappa shape index (κ1) is 16.3. The van der Waals surface area contributed by atoms with Gasteiger partial charge in [-0.25, -0.2) is 4.79 Å². The number of hydrogen-bond donors (Lipinski definition) is 0. The highest BCUT2D eigenvalue weighted by Crippen LogP contribution is 2.33. The van der Waals surface area contributed by atoms with E-state index in [2.05, 4.69) is 0 Å². The van der Waals surface area contributed by atoms with Crippen molar-refractivity contribution in [1.82, 2.24) is 0 Å². The quantitative estimate of drug-likeness (QED) is 0.349. The van der Waals surface area contributed by atoms with Crippen molar-refractivity contribution in [2.24, 2.45) is 0 Å². The van der Waals surface area contributed by atoms with Crippen molar-refractivity contribution < 1.29 is 14.3 Å². The van der Waals surface area contributed by atoms with E-state index in [1.807, 2.05) is 60.7 Å². The van der Waals surface area contributed by atoms with Crippen LogP contribution in [0.25, 0.3) is 5.57 Å². The Balaban J connectivity index is 2.34. The minimum absolute atomic E-state index is 0.302. The third-order valence-corrected chi connectivity index (χ3v) is 4.24. The van der Waals surface area contributed by atoms with Gasteiger partial charge in [0.15, 0.2) is 0 Å². The van der Waals surface area contributed by atoms with Crippen LogP contribution < -0.4 is 0 Å². The molecule has 0 heterocycles. The number of thioether (sulfide) groups is 1. The first-order valence-corrected chi connectivity index (χ1v) is 7.72. The second-order valence-corrected chi connectivity index (χ2v) is 5.62. The van der Waals surface area contributed by atoms with Crippen LogP contribution in [0.4, 0.5) is 0 Å². The second-order valence-electron chi connectivity index (χ2n) is 4.49. The summed E-state index contributed by atoms with van der Waals surface area (Å²) in [7, 11) is 3.00. The van der Waals surface area contributed by atoms with Crippen LogP contribution in [0.3, 0.4) is 0 Å². The Morgan fingerprint density at radius 1 is 1.00 bits per heavy atom. The number of ether oxygens (including phenoxy) is 2. The topological polar surface area (TPSA) is 35.5 Å². The van der Waals surface area contributed by atoms with Crippen molar-refractivity contribution in [2.45, 2.75) is 10.3 Å². The maximum Gasteiger partial charge on any atom is 0.330 e. The molecule has 2 aromatic carbocycles. The van der Waals surface area contributed by atoms with E-state index in [1.165, 1.54) is 13.2 Å². The molecule has 0 amide bonds. The summed E-state index contributed by atoms with van der Waals surface area (Å²) in [6.45, 7) is 0. The summed E-state index contributed by atoms with van der Waals surface area (Å²) in [5.41, 5.74) is 1.41. The number of benzene rings is 2. The molecule has 0 bridgehead atoms. The summed E-state index contributed by atoms with van der Waals surface area (Å²) >= 11 is 1.55. The molecule has 0 aliphatic heterocycles. The average Bonchev–Trinajstić information content (AvgIpc) is 2.59. The molecular weight excluding hydrogens is 296 g/mol. The van der Waals surface area contributed by atoms with E-state index < -0.39 is 5.97 Å². The SMILES string of the molecule is COC(=O)C=C(c1ccccc1)C(OC)Sc1ccccc1. The minimum Gasteiger partial charge on any atom is -0.466 e. The number of carbonyl (C=O) groups excluding carboxylic acids is 1. The molecule has 1 unspecified atom stereocenters. The summed E-state index contributed by atoms with van der Waals surface area (Å²) in [6.07, 6.45) is 1.49. The van der Waals surface area contributed by atoms with Crippen molar-refractivity contribution in [2.75, 3.05) is 14.2 Å². The highest BCUT2D eigenvalue weighted by molar-refractivity contribution is 8.00. The fraction of sp³-hybridized carbons (Fsp3) is 0.167. The number of carbonyl (C=O) groups is 1. The first-order valence-electron chi connectivity index (χ1n) is 6.84. The van der Waals surface area contributed by atoms with E-state index >= 15 is 0 Å². The minimum atomic E-state index is -0.394. The molecule has 0 saturated heterocycles. The predicted molar refractivity (Wildman–Crippen MR) is 89.5 cm³/mol. The molecule has 0 N–H and O–H groups in total. The number of rotatable bonds is 6. The summed E-state index contributed by atoms with van der Waals surface area (Å²) in [5, 5.41) is 0. The van der Waals surface area contributed by atoms with Crippen LogP contribution in [0.2, 0.25) is 0 Å². The monoisotopic (exact) mass is 314 g/mol. The standard InChI is InChI=1S/C18H18O3S/c1-20-17(19)13-16(14-9-5-3-6-10-14)18(21-2)22-15-11-7-4-8-12-15/h3-13,18H,1-2H3. The molecule has 4 heteroatoms. The second kappa shape index (κ2) is 8.41. The van der Waals surface area contributed by atoms with E-state index in [0.717, 1.165) is 16.0 Å². The Morgan fingerprint density at radius 2 is 1.59 bits per heavy atom. The van der Waals surface area contributed by atoms with Crippen molar-refractivity contribution >= 4 is 23.3 Å². The Morgan fingerprint density at radius 3 is 2.14 bits per heavy atom. The third-order valence-electron chi connectivity index (χ3n) is 3.04. The van der Waals surface area contributed by atoms with Crippen molar-refractivity contribution in [3.8, 4) is 0 Å². The number of esters is 1. The van der Waals surface area contributed by atoms with Crippen LogP contribution in [-0.4, -0.2) is 25.6 Å². The van der Waals surface area contributed by atoms with Crippen LogP contribution in [0.5, 0.6) is 0 Å². The maximum atomic E-state index is 11.7. The lowest BCUT2D eigenvalue weighted by Gasteiger charge is -2.19. The summed E-state index contributed by atoms with van der Waals surface area (Å²) in [5.74, 6) is -0.394. The van der Waals surface area contributed by atoms with Crippen molar-refractivity contribution in [3.63, 3.8) is 0 Å². The number of methoxy groups -OCH3 is 2. The van der Waals surface area contributed by atoms with E-state index in [4.69, 9.17) is 9.47 Å². The molecule has 2 rings (SSSR count). The van der Waals surface area contributed by atoms with Gasteiger partial charge in [0, 0.05) is 23.7 Å². The van der Waals surface area contributed by atoms with Crippen LogP contribution in [-0.2, 0) is 14.3 Å². The zero-order valence-electron chi connectivity index (χ0n) is 12.6. The molecular formula is C18H18O3S. The van der Waals surface area contributed by atoms with Crippen LogP contribution >= 0.6 is 11.8 Å². The number of hydrogen-bond acceptors (Lipinski definition) is 4. The fourth-order valence-corrected chi connectivity index (χ4v) is 2.95. The highest BCUT2D eigenvalue weighted by atomic mass is 32.2. The largest absolute Gasteiger partial charge is 0.466 e. The molecule has 0 aliphatic rings. The predicted octanol–water partition coefficient (Wildman–Crippen LogP) is 4.01. The molecule has 2 aromatic rings. The van der Waals surface area contributed by atoms with E-state index in [-0.39, 0.29) is 5.44 Å². The molecule has 0 aromatic heterocycles. The van der Waals surface area contributed by atoms with E-state index in [9.17, 15) is 4.79 Å². The van der Waals surface area contributed by atoms with Gasteiger partial charge in [-0.2, -0.15) is 0 Å². The van der Waals surface area contributed by atoms with Crippen LogP contribution in [0.15, 0.2) is 71.6 Å². The van der Waals surface area contributed by atoms with E-state index in [1.54, 1.807) is 18.9 Å².